The minimum atomic E-state index is -0.475. The number of ether oxygens (including phenoxy) is 1. The van der Waals surface area contributed by atoms with E-state index in [1.807, 2.05) is 11.9 Å². The van der Waals surface area contributed by atoms with Crippen molar-refractivity contribution in [1.29, 1.82) is 0 Å². The zero-order chi connectivity index (χ0) is 15.7. The summed E-state index contributed by atoms with van der Waals surface area (Å²) in [7, 11) is 0. The molecule has 1 N–H and O–H groups in total. The number of nitrogens with one attached hydrogen (secondary N) is 1. The Morgan fingerprint density at radius 3 is 2.50 bits per heavy atom. The lowest BCUT2D eigenvalue weighted by Crippen LogP contribution is -2.49. The van der Waals surface area contributed by atoms with Crippen molar-refractivity contribution in [3.05, 3.63) is 34.9 Å². The summed E-state index contributed by atoms with van der Waals surface area (Å²) in [6, 6.07) is 2.77. The molecule has 0 bridgehead atoms. The molecule has 6 heteroatoms. The third-order valence-electron chi connectivity index (χ3n) is 4.37. The first kappa shape index (κ1) is 15.4. The summed E-state index contributed by atoms with van der Waals surface area (Å²) in [5.74, 6) is -0.459. The molecule has 1 fully saturated rings. The minimum Gasteiger partial charge on any atom is -0.379 e. The van der Waals surface area contributed by atoms with Gasteiger partial charge in [0.25, 0.3) is 0 Å². The summed E-state index contributed by atoms with van der Waals surface area (Å²) >= 11 is 0. The quantitative estimate of drug-likeness (QED) is 0.910. The topological polar surface area (TPSA) is 36.9 Å². The number of nitrogens with zero attached hydrogens (tertiary/aromatic N) is 2. The maximum absolute atomic E-state index is 14.2. The smallest absolute Gasteiger partial charge is 0.129 e. The Balaban J connectivity index is 1.73. The summed E-state index contributed by atoms with van der Waals surface area (Å²) < 4.78 is 33.7. The maximum atomic E-state index is 14.2. The van der Waals surface area contributed by atoms with E-state index in [0.29, 0.717) is 25.3 Å². The third-order valence-corrected chi connectivity index (χ3v) is 4.37. The van der Waals surface area contributed by atoms with Crippen LogP contribution in [0.5, 0.6) is 0 Å². The van der Waals surface area contributed by atoms with Gasteiger partial charge in [-0.1, -0.05) is 6.92 Å². The Kier molecular flexibility index (Phi) is 4.40. The van der Waals surface area contributed by atoms with Crippen LogP contribution in [0.1, 0.15) is 24.0 Å². The standard InChI is InChI=1S/C16H21F2N3O/c1-10-7-13(17)15(14(18)8-10)12-9-19-16(11(12)2)20-21-3-5-22-6-4-21/h7-8,11-12H,3-6,9H2,1-2H3,(H,19,20)/t11-,12+/m0/s1. The fourth-order valence-corrected chi connectivity index (χ4v) is 3.07. The number of rotatable bonds is 2. The Morgan fingerprint density at radius 2 is 1.86 bits per heavy atom. The van der Waals surface area contributed by atoms with Crippen LogP contribution < -0.4 is 5.43 Å². The molecule has 0 radical (unpaired) electrons. The van der Waals surface area contributed by atoms with Crippen LogP contribution in [0.2, 0.25) is 0 Å². The first-order valence-electron chi connectivity index (χ1n) is 7.65. The lowest BCUT2D eigenvalue weighted by Gasteiger charge is -2.29. The first-order valence-corrected chi connectivity index (χ1v) is 7.65. The molecule has 2 aliphatic heterocycles. The van der Waals surface area contributed by atoms with Gasteiger partial charge >= 0.3 is 0 Å². The SMILES string of the molecule is Cc1cc(F)c([C@@H]2CN=C(NN3CCOCC3)[C@H]2C)c(F)c1. The van der Waals surface area contributed by atoms with Crippen molar-refractivity contribution in [3.8, 4) is 0 Å². The van der Waals surface area contributed by atoms with Crippen molar-refractivity contribution >= 4 is 5.84 Å². The molecule has 2 atom stereocenters. The number of hydrogen-bond acceptors (Lipinski definition) is 4. The van der Waals surface area contributed by atoms with Gasteiger partial charge in [0.05, 0.1) is 13.2 Å². The van der Waals surface area contributed by atoms with Crippen LogP contribution in [-0.4, -0.2) is 43.7 Å². The fourth-order valence-electron chi connectivity index (χ4n) is 3.07. The number of aliphatic imine (C=N–C) groups is 1. The summed E-state index contributed by atoms with van der Waals surface area (Å²) in [5.41, 5.74) is 4.02. The number of aryl methyl sites for hydroxylation is 1. The molecule has 0 aromatic heterocycles. The summed E-state index contributed by atoms with van der Waals surface area (Å²) in [5, 5.41) is 2.04. The number of morpholine rings is 1. The van der Waals surface area contributed by atoms with Gasteiger partial charge in [0, 0.05) is 37.0 Å². The Hall–Kier alpha value is -1.53. The van der Waals surface area contributed by atoms with E-state index in [1.54, 1.807) is 6.92 Å². The molecule has 3 rings (SSSR count). The molecule has 4 nitrogen and oxygen atoms in total. The van der Waals surface area contributed by atoms with E-state index in [0.717, 1.165) is 18.9 Å². The van der Waals surface area contributed by atoms with Crippen LogP contribution in [0.15, 0.2) is 17.1 Å². The zero-order valence-electron chi connectivity index (χ0n) is 12.9. The molecule has 0 amide bonds. The molecule has 1 saturated heterocycles. The van der Waals surface area contributed by atoms with E-state index >= 15 is 0 Å². The van der Waals surface area contributed by atoms with Gasteiger partial charge in [0.2, 0.25) is 0 Å². The van der Waals surface area contributed by atoms with E-state index in [-0.39, 0.29) is 17.4 Å². The van der Waals surface area contributed by atoms with Crippen molar-refractivity contribution in [1.82, 2.24) is 10.4 Å². The Labute approximate surface area is 129 Å². The molecule has 1 aromatic carbocycles. The van der Waals surface area contributed by atoms with Crippen molar-refractivity contribution in [2.75, 3.05) is 32.8 Å². The van der Waals surface area contributed by atoms with Crippen molar-refractivity contribution in [3.63, 3.8) is 0 Å². The van der Waals surface area contributed by atoms with Gasteiger partial charge in [-0.2, -0.15) is 0 Å². The van der Waals surface area contributed by atoms with E-state index in [9.17, 15) is 8.78 Å². The van der Waals surface area contributed by atoms with E-state index in [1.165, 1.54) is 12.1 Å². The molecule has 0 saturated carbocycles. The van der Waals surface area contributed by atoms with Crippen molar-refractivity contribution in [2.45, 2.75) is 19.8 Å². The minimum absolute atomic E-state index is 0.0467. The van der Waals surface area contributed by atoms with Gasteiger partial charge in [0.1, 0.15) is 17.5 Å². The Bertz CT molecular complexity index is 562. The second-order valence-electron chi connectivity index (χ2n) is 5.97. The number of benzene rings is 1. The third kappa shape index (κ3) is 2.98. The second-order valence-corrected chi connectivity index (χ2v) is 5.97. The monoisotopic (exact) mass is 309 g/mol. The first-order chi connectivity index (χ1) is 10.6. The molecular weight excluding hydrogens is 288 g/mol. The van der Waals surface area contributed by atoms with Crippen LogP contribution >= 0.6 is 0 Å². The largest absolute Gasteiger partial charge is 0.379 e. The number of amidine groups is 1. The lowest BCUT2D eigenvalue weighted by atomic mass is 9.87. The molecule has 1 aromatic rings. The predicted molar refractivity (Wildman–Crippen MR) is 80.8 cm³/mol. The lowest BCUT2D eigenvalue weighted by molar-refractivity contribution is 0.0241. The van der Waals surface area contributed by atoms with Crippen molar-refractivity contribution in [2.24, 2.45) is 10.9 Å². The highest BCUT2D eigenvalue weighted by Gasteiger charge is 2.34. The molecule has 2 heterocycles. The highest BCUT2D eigenvalue weighted by molar-refractivity contribution is 5.86. The highest BCUT2D eigenvalue weighted by Crippen LogP contribution is 2.34. The van der Waals surface area contributed by atoms with Crippen LogP contribution in [0, 0.1) is 24.5 Å². The van der Waals surface area contributed by atoms with Crippen LogP contribution in [0.4, 0.5) is 8.78 Å². The van der Waals surface area contributed by atoms with Crippen LogP contribution in [-0.2, 0) is 4.74 Å². The van der Waals surface area contributed by atoms with Gasteiger partial charge in [-0.05, 0) is 24.6 Å². The van der Waals surface area contributed by atoms with Gasteiger partial charge in [-0.15, -0.1) is 0 Å². The summed E-state index contributed by atoms with van der Waals surface area (Å²) in [6.45, 7) is 6.98. The van der Waals surface area contributed by atoms with Gasteiger partial charge in [-0.3, -0.25) is 4.99 Å². The van der Waals surface area contributed by atoms with Crippen LogP contribution in [0.25, 0.3) is 0 Å². The zero-order valence-corrected chi connectivity index (χ0v) is 12.9. The average Bonchev–Trinajstić information content (AvgIpc) is 2.81. The normalized spacial score (nSPS) is 26.1. The van der Waals surface area contributed by atoms with E-state index in [2.05, 4.69) is 10.4 Å². The Morgan fingerprint density at radius 1 is 1.23 bits per heavy atom. The summed E-state index contributed by atoms with van der Waals surface area (Å²) in [6.07, 6.45) is 0. The summed E-state index contributed by atoms with van der Waals surface area (Å²) in [4.78, 5) is 4.46. The van der Waals surface area contributed by atoms with Gasteiger partial charge < -0.3 is 10.2 Å². The van der Waals surface area contributed by atoms with E-state index in [4.69, 9.17) is 4.74 Å². The predicted octanol–water partition coefficient (Wildman–Crippen LogP) is 2.24. The average molecular weight is 309 g/mol. The van der Waals surface area contributed by atoms with Gasteiger partial charge in [0.15, 0.2) is 0 Å². The number of hydrazine groups is 1. The van der Waals surface area contributed by atoms with Crippen LogP contribution in [0.3, 0.4) is 0 Å². The van der Waals surface area contributed by atoms with Crippen molar-refractivity contribution < 1.29 is 13.5 Å². The molecule has 120 valence electrons. The molecule has 0 spiro atoms. The molecule has 22 heavy (non-hydrogen) atoms. The maximum Gasteiger partial charge on any atom is 0.129 e. The number of halogens is 2. The molecule has 0 unspecified atom stereocenters. The highest BCUT2D eigenvalue weighted by atomic mass is 19.1. The fraction of sp³-hybridized carbons (Fsp3) is 0.562. The van der Waals surface area contributed by atoms with Gasteiger partial charge in [-0.25, -0.2) is 13.8 Å². The van der Waals surface area contributed by atoms with E-state index < -0.39 is 11.6 Å². The molecule has 0 aliphatic carbocycles. The second kappa shape index (κ2) is 6.30. The number of hydrogen-bond donors (Lipinski definition) is 1. The molecule has 2 aliphatic rings. The molecular formula is C16H21F2N3O.